The van der Waals surface area contributed by atoms with Crippen molar-refractivity contribution in [3.8, 4) is 0 Å². The topological polar surface area (TPSA) is 175 Å². The van der Waals surface area contributed by atoms with Crippen LogP contribution in [0.2, 0.25) is 0 Å². The number of nitrogens with one attached hydrogen (secondary N) is 1. The number of unbranched alkanes of at least 4 members (excludes halogenated alkanes) is 20. The summed E-state index contributed by atoms with van der Waals surface area (Å²) in [5, 5.41) is 54.0. The minimum absolute atomic E-state index is 0.0636. The van der Waals surface area contributed by atoms with Crippen molar-refractivity contribution >= 4 is 11.9 Å². The molecule has 1 rings (SSSR count). The molecule has 1 heterocycles. The zero-order chi connectivity index (χ0) is 46.7. The Labute approximate surface area is 388 Å². The van der Waals surface area contributed by atoms with E-state index in [0.29, 0.717) is 25.9 Å². The monoisotopic (exact) mass is 904 g/mol. The van der Waals surface area contributed by atoms with Crippen LogP contribution < -0.4 is 5.32 Å². The molecule has 0 saturated carbocycles. The molecule has 1 amide bonds. The molecule has 0 spiro atoms. The third-order valence-corrected chi connectivity index (χ3v) is 11.6. The Morgan fingerprint density at radius 3 is 1.64 bits per heavy atom. The first-order valence-electron chi connectivity index (χ1n) is 25.6. The van der Waals surface area contributed by atoms with Crippen LogP contribution in [0.25, 0.3) is 0 Å². The number of amides is 1. The van der Waals surface area contributed by atoms with Crippen molar-refractivity contribution in [1.29, 1.82) is 0 Å². The van der Waals surface area contributed by atoms with Gasteiger partial charge in [-0.3, -0.25) is 9.59 Å². The maximum Gasteiger partial charge on any atom is 0.305 e. The zero-order valence-electron chi connectivity index (χ0n) is 40.2. The van der Waals surface area contributed by atoms with Crippen molar-refractivity contribution in [2.45, 2.75) is 243 Å². The van der Waals surface area contributed by atoms with Gasteiger partial charge in [0.2, 0.25) is 5.91 Å². The maximum atomic E-state index is 12.9. The van der Waals surface area contributed by atoms with Crippen molar-refractivity contribution in [3.63, 3.8) is 0 Å². The van der Waals surface area contributed by atoms with Crippen molar-refractivity contribution in [2.24, 2.45) is 0 Å². The van der Waals surface area contributed by atoms with Crippen molar-refractivity contribution in [1.82, 2.24) is 5.32 Å². The maximum absolute atomic E-state index is 12.9. The fourth-order valence-electron chi connectivity index (χ4n) is 7.41. The summed E-state index contributed by atoms with van der Waals surface area (Å²) < 4.78 is 16.6. The summed E-state index contributed by atoms with van der Waals surface area (Å²) in [4.78, 5) is 25.0. The first-order valence-corrected chi connectivity index (χ1v) is 25.6. The second-order valence-electron chi connectivity index (χ2n) is 17.5. The summed E-state index contributed by atoms with van der Waals surface area (Å²) >= 11 is 0. The van der Waals surface area contributed by atoms with E-state index in [4.69, 9.17) is 14.2 Å². The highest BCUT2D eigenvalue weighted by molar-refractivity contribution is 5.76. The molecule has 64 heavy (non-hydrogen) atoms. The average Bonchev–Trinajstić information content (AvgIpc) is 3.29. The Hall–Kier alpha value is -2.64. The summed E-state index contributed by atoms with van der Waals surface area (Å²) in [6.45, 7) is 4.13. The van der Waals surface area contributed by atoms with Gasteiger partial charge in [0, 0.05) is 12.8 Å². The summed E-state index contributed by atoms with van der Waals surface area (Å²) in [5.74, 6) is -0.287. The van der Waals surface area contributed by atoms with Gasteiger partial charge < -0.3 is 45.1 Å². The molecule has 0 radical (unpaired) electrons. The molecule has 1 saturated heterocycles. The highest BCUT2D eigenvalue weighted by atomic mass is 16.7. The summed E-state index contributed by atoms with van der Waals surface area (Å²) in [6.07, 6.45) is 43.1. The molecule has 0 aromatic heterocycles. The lowest BCUT2D eigenvalue weighted by atomic mass is 9.99. The number of aliphatic hydroxyl groups is 5. The van der Waals surface area contributed by atoms with Crippen LogP contribution in [0.5, 0.6) is 0 Å². The van der Waals surface area contributed by atoms with Gasteiger partial charge >= 0.3 is 5.97 Å². The summed E-state index contributed by atoms with van der Waals surface area (Å²) in [6, 6.07) is -0.846. The molecule has 0 aromatic carbocycles. The van der Waals surface area contributed by atoms with Gasteiger partial charge in [-0.2, -0.15) is 0 Å². The quantitative estimate of drug-likeness (QED) is 0.0197. The van der Waals surface area contributed by atoms with Crippen LogP contribution in [0.1, 0.15) is 200 Å². The zero-order valence-corrected chi connectivity index (χ0v) is 40.2. The number of carbonyl (C=O) groups is 2. The minimum Gasteiger partial charge on any atom is -0.466 e. The molecule has 0 aliphatic carbocycles. The van der Waals surface area contributed by atoms with E-state index in [1.165, 1.54) is 64.2 Å². The van der Waals surface area contributed by atoms with Crippen LogP contribution in [0.15, 0.2) is 60.8 Å². The molecule has 6 N–H and O–H groups in total. The van der Waals surface area contributed by atoms with Gasteiger partial charge in [-0.05, 0) is 109 Å². The Balaban J connectivity index is 2.16. The number of esters is 1. The molecule has 1 aliphatic heterocycles. The van der Waals surface area contributed by atoms with E-state index in [-0.39, 0.29) is 18.5 Å². The first-order chi connectivity index (χ1) is 31.2. The first kappa shape index (κ1) is 59.4. The van der Waals surface area contributed by atoms with Crippen LogP contribution in [0, 0.1) is 0 Å². The van der Waals surface area contributed by atoms with Crippen LogP contribution >= 0.6 is 0 Å². The number of allylic oxidation sites excluding steroid dienone is 9. The molecular weight excluding hydrogens is 811 g/mol. The molecule has 0 aromatic rings. The average molecular weight is 904 g/mol. The summed E-state index contributed by atoms with van der Waals surface area (Å²) in [5.41, 5.74) is 0. The second kappa shape index (κ2) is 43.0. The van der Waals surface area contributed by atoms with Gasteiger partial charge in [0.1, 0.15) is 24.4 Å². The number of aliphatic hydroxyl groups excluding tert-OH is 5. The number of hydrogen-bond donors (Lipinski definition) is 6. The third-order valence-electron chi connectivity index (χ3n) is 11.6. The van der Waals surface area contributed by atoms with Gasteiger partial charge in [-0.1, -0.05) is 139 Å². The lowest BCUT2D eigenvalue weighted by Gasteiger charge is -2.40. The van der Waals surface area contributed by atoms with Crippen LogP contribution in [0.4, 0.5) is 0 Å². The molecule has 11 nitrogen and oxygen atoms in total. The van der Waals surface area contributed by atoms with Crippen molar-refractivity contribution < 1.29 is 49.3 Å². The SMILES string of the molecule is CCCCC/C=C\C/C=C\CCCCCCCC(=O)OCCCCC/C=C\CCCCCCCC(=O)NC(COC1OC(CO)C(O)C(O)C1O)C(O)/C=C/CC/C=C/CCCCC. The van der Waals surface area contributed by atoms with Gasteiger partial charge in [0.25, 0.3) is 0 Å². The Morgan fingerprint density at radius 1 is 0.578 bits per heavy atom. The molecule has 7 unspecified atom stereocenters. The van der Waals surface area contributed by atoms with E-state index in [0.717, 1.165) is 103 Å². The minimum atomic E-state index is -1.59. The van der Waals surface area contributed by atoms with Gasteiger partial charge in [-0.15, -0.1) is 0 Å². The van der Waals surface area contributed by atoms with Crippen LogP contribution in [-0.2, 0) is 23.8 Å². The van der Waals surface area contributed by atoms with E-state index in [9.17, 15) is 35.1 Å². The Morgan fingerprint density at radius 2 is 1.06 bits per heavy atom. The molecule has 1 fully saturated rings. The van der Waals surface area contributed by atoms with Crippen molar-refractivity contribution in [3.05, 3.63) is 60.8 Å². The molecule has 0 bridgehead atoms. The number of hydrogen-bond acceptors (Lipinski definition) is 10. The second-order valence-corrected chi connectivity index (χ2v) is 17.5. The lowest BCUT2D eigenvalue weighted by Crippen LogP contribution is -2.60. The van der Waals surface area contributed by atoms with E-state index < -0.39 is 49.5 Å². The van der Waals surface area contributed by atoms with E-state index in [1.54, 1.807) is 6.08 Å². The predicted octanol–water partition coefficient (Wildman–Crippen LogP) is 10.3. The molecule has 7 atom stereocenters. The van der Waals surface area contributed by atoms with Crippen LogP contribution in [-0.4, -0.2) is 100 Å². The fourth-order valence-corrected chi connectivity index (χ4v) is 7.41. The largest absolute Gasteiger partial charge is 0.466 e. The van der Waals surface area contributed by atoms with E-state index in [2.05, 4.69) is 67.8 Å². The van der Waals surface area contributed by atoms with Gasteiger partial charge in [-0.25, -0.2) is 0 Å². The highest BCUT2D eigenvalue weighted by Crippen LogP contribution is 2.22. The van der Waals surface area contributed by atoms with Crippen molar-refractivity contribution in [2.75, 3.05) is 19.8 Å². The fraction of sp³-hybridized carbons (Fsp3) is 0.774. The van der Waals surface area contributed by atoms with Gasteiger partial charge in [0.05, 0.1) is 32.0 Å². The molecule has 11 heteroatoms. The lowest BCUT2D eigenvalue weighted by molar-refractivity contribution is -0.302. The Kier molecular flexibility index (Phi) is 39.9. The molecule has 370 valence electrons. The number of carbonyl (C=O) groups excluding carboxylic acids is 2. The standard InChI is InChI=1S/C53H93NO10/c1-3-5-7-9-11-13-14-15-16-17-21-25-29-33-37-41-49(58)62-42-38-34-30-26-22-19-18-20-24-28-32-36-40-48(57)54-45(46(56)39-35-31-27-23-12-10-8-6-4-2)44-63-53-52(61)51(60)50(59)47(43-55)64-53/h11-13,15-16,19,22-23,35,39,45-47,50-53,55-56,59-61H,3-10,14,17-18,20-21,24-34,36-38,40-44H2,1-2H3,(H,54,57)/b13-11-,16-15-,22-19-,23-12+,39-35+. The van der Waals surface area contributed by atoms with Crippen LogP contribution in [0.3, 0.4) is 0 Å². The van der Waals surface area contributed by atoms with E-state index >= 15 is 0 Å². The Bertz CT molecular complexity index is 1250. The normalized spacial score (nSPS) is 20.4. The predicted molar refractivity (Wildman–Crippen MR) is 260 cm³/mol. The smallest absolute Gasteiger partial charge is 0.305 e. The number of rotatable bonds is 42. The number of ether oxygens (including phenoxy) is 3. The third kappa shape index (κ3) is 32.9. The molecule has 1 aliphatic rings. The van der Waals surface area contributed by atoms with E-state index in [1.807, 2.05) is 6.08 Å². The summed E-state index contributed by atoms with van der Waals surface area (Å²) in [7, 11) is 0. The van der Waals surface area contributed by atoms with Gasteiger partial charge in [0.15, 0.2) is 6.29 Å². The highest BCUT2D eigenvalue weighted by Gasteiger charge is 2.44. The molecular formula is C53H93NO10.